The number of carbonyl (C=O) groups excluding carboxylic acids is 2. The van der Waals surface area contributed by atoms with Gasteiger partial charge in [-0.1, -0.05) is 19.3 Å². The molecular formula is C16H23N3O3. The Labute approximate surface area is 130 Å². The van der Waals surface area contributed by atoms with Crippen molar-refractivity contribution in [3.8, 4) is 0 Å². The molecule has 0 aliphatic heterocycles. The molecule has 1 aromatic rings. The van der Waals surface area contributed by atoms with Gasteiger partial charge < -0.3 is 10.1 Å². The lowest BCUT2D eigenvalue weighted by atomic mass is 9.94. The van der Waals surface area contributed by atoms with Crippen LogP contribution < -0.4 is 5.32 Å². The minimum atomic E-state index is -0.252. The summed E-state index contributed by atoms with van der Waals surface area (Å²) in [5, 5.41) is 10.0. The highest BCUT2D eigenvalue weighted by molar-refractivity contribution is 5.93. The molecular weight excluding hydrogens is 282 g/mol. The van der Waals surface area contributed by atoms with Crippen molar-refractivity contribution < 1.29 is 14.3 Å². The van der Waals surface area contributed by atoms with Gasteiger partial charge in [0.1, 0.15) is 5.69 Å². The quantitative estimate of drug-likeness (QED) is 0.659. The lowest BCUT2D eigenvalue weighted by Crippen LogP contribution is -2.43. The topological polar surface area (TPSA) is 84.1 Å². The van der Waals surface area contributed by atoms with Gasteiger partial charge in [-0.3, -0.25) is 14.7 Å². The average molecular weight is 305 g/mol. The van der Waals surface area contributed by atoms with Crippen molar-refractivity contribution in [1.29, 1.82) is 0 Å². The summed E-state index contributed by atoms with van der Waals surface area (Å²) in [6, 6.07) is 1.67. The monoisotopic (exact) mass is 305 g/mol. The standard InChI is InChI=1S/C16H23N3O3/c1-22-16(21)11-5-3-2-4-6-12(11)17-15(20)14-9-13(18-19-14)10-7-8-10/h9-12H,2-8H2,1H3,(H,17,20)(H,18,19)/t11-,12-/m1/s1. The van der Waals surface area contributed by atoms with Gasteiger partial charge in [0.25, 0.3) is 5.91 Å². The Balaban J connectivity index is 1.67. The second kappa shape index (κ2) is 6.50. The Morgan fingerprint density at radius 1 is 1.23 bits per heavy atom. The molecule has 2 N–H and O–H groups in total. The van der Waals surface area contributed by atoms with Gasteiger partial charge in [0.15, 0.2) is 0 Å². The third kappa shape index (κ3) is 3.31. The number of ether oxygens (including phenoxy) is 1. The van der Waals surface area contributed by atoms with Gasteiger partial charge in [-0.2, -0.15) is 5.10 Å². The van der Waals surface area contributed by atoms with Crippen LogP contribution in [-0.4, -0.2) is 35.2 Å². The van der Waals surface area contributed by atoms with Crippen molar-refractivity contribution in [2.24, 2.45) is 5.92 Å². The number of nitrogens with zero attached hydrogens (tertiary/aromatic N) is 1. The first-order valence-corrected chi connectivity index (χ1v) is 8.13. The van der Waals surface area contributed by atoms with Crippen molar-refractivity contribution in [3.05, 3.63) is 17.5 Å². The molecule has 3 rings (SSSR count). The molecule has 0 radical (unpaired) electrons. The number of carbonyl (C=O) groups is 2. The maximum atomic E-state index is 12.4. The maximum Gasteiger partial charge on any atom is 0.310 e. The highest BCUT2D eigenvalue weighted by Crippen LogP contribution is 2.39. The summed E-state index contributed by atoms with van der Waals surface area (Å²) < 4.78 is 4.89. The highest BCUT2D eigenvalue weighted by Gasteiger charge is 2.32. The van der Waals surface area contributed by atoms with E-state index in [4.69, 9.17) is 4.74 Å². The summed E-state index contributed by atoms with van der Waals surface area (Å²) in [4.78, 5) is 24.3. The predicted octanol–water partition coefficient (Wildman–Crippen LogP) is 2.14. The molecule has 120 valence electrons. The van der Waals surface area contributed by atoms with Crippen molar-refractivity contribution in [2.45, 2.75) is 56.9 Å². The van der Waals surface area contributed by atoms with E-state index in [1.165, 1.54) is 7.11 Å². The Kier molecular flexibility index (Phi) is 4.45. The van der Waals surface area contributed by atoms with E-state index in [2.05, 4.69) is 15.5 Å². The van der Waals surface area contributed by atoms with Crippen LogP contribution in [0.4, 0.5) is 0 Å². The van der Waals surface area contributed by atoms with Crippen LogP contribution in [0.25, 0.3) is 0 Å². The van der Waals surface area contributed by atoms with Crippen LogP contribution in [-0.2, 0) is 9.53 Å². The summed E-state index contributed by atoms with van der Waals surface area (Å²) in [5.74, 6) is -0.148. The molecule has 0 bridgehead atoms. The van der Waals surface area contributed by atoms with Crippen molar-refractivity contribution in [2.75, 3.05) is 7.11 Å². The molecule has 2 aliphatic carbocycles. The first-order chi connectivity index (χ1) is 10.7. The molecule has 0 aromatic carbocycles. The second-order valence-electron chi connectivity index (χ2n) is 6.33. The van der Waals surface area contributed by atoms with E-state index < -0.39 is 0 Å². The lowest BCUT2D eigenvalue weighted by Gasteiger charge is -2.23. The van der Waals surface area contributed by atoms with Crippen molar-refractivity contribution >= 4 is 11.9 Å². The van der Waals surface area contributed by atoms with E-state index in [0.717, 1.165) is 50.6 Å². The molecule has 0 saturated heterocycles. The maximum absolute atomic E-state index is 12.4. The zero-order valence-electron chi connectivity index (χ0n) is 12.9. The number of rotatable bonds is 4. The van der Waals surface area contributed by atoms with Gasteiger partial charge in [-0.25, -0.2) is 0 Å². The normalized spacial score (nSPS) is 25.3. The molecule has 6 heteroatoms. The van der Waals surface area contributed by atoms with Gasteiger partial charge in [-0.15, -0.1) is 0 Å². The fourth-order valence-corrected chi connectivity index (χ4v) is 3.21. The number of aromatic nitrogens is 2. The second-order valence-corrected chi connectivity index (χ2v) is 6.33. The van der Waals surface area contributed by atoms with Crippen LogP contribution in [0.3, 0.4) is 0 Å². The molecule has 22 heavy (non-hydrogen) atoms. The van der Waals surface area contributed by atoms with Gasteiger partial charge in [0.05, 0.1) is 13.0 Å². The number of hydrogen-bond donors (Lipinski definition) is 2. The SMILES string of the molecule is COC(=O)[C@@H]1CCCCC[C@H]1NC(=O)c1cc(C2CC2)[nH]n1. The fourth-order valence-electron chi connectivity index (χ4n) is 3.21. The fraction of sp³-hybridized carbons (Fsp3) is 0.688. The Hall–Kier alpha value is -1.85. The number of nitrogens with one attached hydrogen (secondary N) is 2. The van der Waals surface area contributed by atoms with E-state index in [1.54, 1.807) is 0 Å². The molecule has 1 aromatic heterocycles. The largest absolute Gasteiger partial charge is 0.469 e. The molecule has 2 aliphatic rings. The number of esters is 1. The van der Waals surface area contributed by atoms with Crippen LogP contribution in [0, 0.1) is 5.92 Å². The number of methoxy groups -OCH3 is 1. The smallest absolute Gasteiger partial charge is 0.310 e. The van der Waals surface area contributed by atoms with Gasteiger partial charge in [-0.05, 0) is 31.7 Å². The summed E-state index contributed by atoms with van der Waals surface area (Å²) in [6.45, 7) is 0. The summed E-state index contributed by atoms with van der Waals surface area (Å²) in [5.41, 5.74) is 1.45. The van der Waals surface area contributed by atoms with Gasteiger partial charge in [0.2, 0.25) is 0 Å². The molecule has 0 spiro atoms. The highest BCUT2D eigenvalue weighted by atomic mass is 16.5. The van der Waals surface area contributed by atoms with Crippen molar-refractivity contribution in [1.82, 2.24) is 15.5 Å². The molecule has 2 fully saturated rings. The minimum Gasteiger partial charge on any atom is -0.469 e. The molecule has 1 amide bonds. The van der Waals surface area contributed by atoms with Crippen LogP contribution in [0.15, 0.2) is 6.07 Å². The van der Waals surface area contributed by atoms with E-state index in [0.29, 0.717) is 11.6 Å². The number of hydrogen-bond acceptors (Lipinski definition) is 4. The third-order valence-corrected chi connectivity index (χ3v) is 4.68. The average Bonchev–Trinajstić information content (AvgIpc) is 3.30. The Bertz CT molecular complexity index is 551. The molecule has 1 heterocycles. The number of aromatic amines is 1. The number of H-pyrrole nitrogens is 1. The van der Waals surface area contributed by atoms with Gasteiger partial charge in [0, 0.05) is 17.7 Å². The van der Waals surface area contributed by atoms with Crippen LogP contribution in [0.2, 0.25) is 0 Å². The van der Waals surface area contributed by atoms with Crippen LogP contribution >= 0.6 is 0 Å². The zero-order valence-corrected chi connectivity index (χ0v) is 12.9. The molecule has 6 nitrogen and oxygen atoms in total. The van der Waals surface area contributed by atoms with E-state index >= 15 is 0 Å². The predicted molar refractivity (Wildman–Crippen MR) is 80.4 cm³/mol. The van der Waals surface area contributed by atoms with Crippen LogP contribution in [0.5, 0.6) is 0 Å². The van der Waals surface area contributed by atoms with Crippen molar-refractivity contribution in [3.63, 3.8) is 0 Å². The van der Waals surface area contributed by atoms with Gasteiger partial charge >= 0.3 is 5.97 Å². The Morgan fingerprint density at radius 2 is 2.00 bits per heavy atom. The molecule has 2 saturated carbocycles. The zero-order chi connectivity index (χ0) is 15.5. The van der Waals surface area contributed by atoms with E-state index in [1.807, 2.05) is 6.07 Å². The lowest BCUT2D eigenvalue weighted by molar-refractivity contribution is -0.146. The summed E-state index contributed by atoms with van der Waals surface area (Å²) >= 11 is 0. The Morgan fingerprint density at radius 3 is 2.73 bits per heavy atom. The van der Waals surface area contributed by atoms with E-state index in [-0.39, 0.29) is 23.8 Å². The third-order valence-electron chi connectivity index (χ3n) is 4.68. The molecule has 0 unspecified atom stereocenters. The summed E-state index contributed by atoms with van der Waals surface area (Å²) in [7, 11) is 1.40. The minimum absolute atomic E-state index is 0.163. The molecule has 2 atom stereocenters. The first-order valence-electron chi connectivity index (χ1n) is 8.13. The van der Waals surface area contributed by atoms with E-state index in [9.17, 15) is 9.59 Å². The number of amides is 1. The van der Waals surface area contributed by atoms with Crippen LogP contribution in [0.1, 0.15) is 67.0 Å². The first kappa shape index (κ1) is 15.1. The summed E-state index contributed by atoms with van der Waals surface area (Å²) in [6.07, 6.45) is 7.02.